The third-order valence-electron chi connectivity index (χ3n) is 6.17. The lowest BCUT2D eigenvalue weighted by Crippen LogP contribution is -2.08. The summed E-state index contributed by atoms with van der Waals surface area (Å²) < 4.78 is 21.1. The third kappa shape index (κ3) is 4.76. The van der Waals surface area contributed by atoms with Gasteiger partial charge in [0.25, 0.3) is 0 Å². The molecule has 5 rings (SSSR count). The van der Waals surface area contributed by atoms with Crippen molar-refractivity contribution in [1.29, 1.82) is 0 Å². The van der Waals surface area contributed by atoms with E-state index in [1.165, 1.54) is 17.7 Å². The Morgan fingerprint density at radius 2 is 1.74 bits per heavy atom. The van der Waals surface area contributed by atoms with Gasteiger partial charge in [-0.3, -0.25) is 4.79 Å². The van der Waals surface area contributed by atoms with E-state index in [1.807, 2.05) is 48.9 Å². The fourth-order valence-electron chi connectivity index (χ4n) is 4.39. The molecule has 0 unspecified atom stereocenters. The number of imidazole rings is 1. The molecule has 172 valence electrons. The number of nitrogens with zero attached hydrogens (tertiary/aromatic N) is 3. The predicted octanol–water partition coefficient (Wildman–Crippen LogP) is 5.90. The highest BCUT2D eigenvalue weighted by Gasteiger charge is 2.18. The molecule has 34 heavy (non-hydrogen) atoms. The van der Waals surface area contributed by atoms with Crippen LogP contribution < -0.4 is 0 Å². The molecule has 2 heterocycles. The van der Waals surface area contributed by atoms with Gasteiger partial charge in [0.2, 0.25) is 0 Å². The summed E-state index contributed by atoms with van der Waals surface area (Å²) in [4.78, 5) is 22.3. The van der Waals surface area contributed by atoms with Gasteiger partial charge in [-0.25, -0.2) is 14.4 Å². The number of ketones is 1. The molecule has 0 saturated carbocycles. The van der Waals surface area contributed by atoms with Crippen LogP contribution in [0.5, 0.6) is 0 Å². The van der Waals surface area contributed by atoms with Gasteiger partial charge in [0.05, 0.1) is 17.8 Å². The van der Waals surface area contributed by atoms with E-state index in [-0.39, 0.29) is 18.0 Å². The van der Waals surface area contributed by atoms with Crippen LogP contribution in [0.3, 0.4) is 0 Å². The van der Waals surface area contributed by atoms with E-state index in [4.69, 9.17) is 9.40 Å². The van der Waals surface area contributed by atoms with Crippen molar-refractivity contribution in [3.05, 3.63) is 101 Å². The van der Waals surface area contributed by atoms with Gasteiger partial charge in [-0.05, 0) is 56.5 Å². The highest BCUT2D eigenvalue weighted by molar-refractivity contribution is 5.91. The van der Waals surface area contributed by atoms with Crippen molar-refractivity contribution in [3.63, 3.8) is 0 Å². The molecule has 2 aromatic carbocycles. The van der Waals surface area contributed by atoms with Crippen molar-refractivity contribution in [2.75, 3.05) is 0 Å². The lowest BCUT2D eigenvalue weighted by molar-refractivity contribution is -0.114. The lowest BCUT2D eigenvalue weighted by atomic mass is 10.0. The molecule has 0 aliphatic heterocycles. The summed E-state index contributed by atoms with van der Waals surface area (Å²) in [5.41, 5.74) is 5.79. The van der Waals surface area contributed by atoms with E-state index < -0.39 is 0 Å². The monoisotopic (exact) mass is 455 g/mol. The maximum atomic E-state index is 13.5. The van der Waals surface area contributed by atoms with Gasteiger partial charge in [0.1, 0.15) is 17.4 Å². The fourth-order valence-corrected chi connectivity index (χ4v) is 4.39. The normalized spacial score (nSPS) is 14.7. The maximum Gasteiger partial charge on any atom is 0.191 e. The van der Waals surface area contributed by atoms with Gasteiger partial charge >= 0.3 is 0 Å². The predicted molar refractivity (Wildman–Crippen MR) is 128 cm³/mol. The molecule has 1 aliphatic rings. The quantitative estimate of drug-likeness (QED) is 0.278. The van der Waals surface area contributed by atoms with Crippen LogP contribution in [-0.2, 0) is 24.1 Å². The third-order valence-corrected chi connectivity index (χ3v) is 6.17. The second kappa shape index (κ2) is 9.21. The minimum absolute atomic E-state index is 0.00192. The number of rotatable bonds is 5. The Balaban J connectivity index is 1.41. The maximum absolute atomic E-state index is 13.5. The number of hydrogen-bond donors (Lipinski definition) is 0. The molecule has 0 N–H and O–H groups in total. The smallest absolute Gasteiger partial charge is 0.191 e. The SMILES string of the molecule is Cc1ccc(-c2cn(-c3ccc(F)cc3)c(CC(=O)/C=C3\CCc4nc(C)oc4CC3)n2)cc1. The second-order valence-electron chi connectivity index (χ2n) is 8.80. The minimum atomic E-state index is -0.303. The first-order chi connectivity index (χ1) is 16.4. The van der Waals surface area contributed by atoms with Crippen molar-refractivity contribution in [3.8, 4) is 16.9 Å². The molecule has 0 bridgehead atoms. The number of halogens is 1. The molecule has 5 nitrogen and oxygen atoms in total. The van der Waals surface area contributed by atoms with Crippen LogP contribution in [0.4, 0.5) is 4.39 Å². The Bertz CT molecular complexity index is 1330. The number of fused-ring (bicyclic) bond motifs is 1. The average molecular weight is 456 g/mol. The Hall–Kier alpha value is -3.80. The Labute approximate surface area is 198 Å². The van der Waals surface area contributed by atoms with Crippen molar-refractivity contribution in [2.24, 2.45) is 0 Å². The summed E-state index contributed by atoms with van der Waals surface area (Å²) >= 11 is 0. The molecule has 0 amide bonds. The van der Waals surface area contributed by atoms with E-state index in [0.29, 0.717) is 11.7 Å². The van der Waals surface area contributed by atoms with Crippen molar-refractivity contribution >= 4 is 5.78 Å². The van der Waals surface area contributed by atoms with E-state index >= 15 is 0 Å². The number of benzene rings is 2. The van der Waals surface area contributed by atoms with Gasteiger partial charge < -0.3 is 8.98 Å². The van der Waals surface area contributed by atoms with Crippen LogP contribution in [0.15, 0.2) is 70.8 Å². The number of carbonyl (C=O) groups is 1. The first-order valence-corrected chi connectivity index (χ1v) is 11.5. The minimum Gasteiger partial charge on any atom is -0.446 e. The summed E-state index contributed by atoms with van der Waals surface area (Å²) in [5.74, 6) is 1.96. The standard InChI is InChI=1S/C28H26FN3O2/c1-18-3-7-21(8-4-18)26-17-32(23-11-9-22(29)10-12-23)28(31-26)16-24(33)15-20-5-13-25-27(14-6-20)34-19(2)30-25/h3-4,7-12,15,17H,5-6,13-14,16H2,1-2H3/b20-15+. The van der Waals surface area contributed by atoms with Gasteiger partial charge in [-0.1, -0.05) is 35.4 Å². The molecule has 6 heteroatoms. The van der Waals surface area contributed by atoms with Gasteiger partial charge in [-0.2, -0.15) is 0 Å². The lowest BCUT2D eigenvalue weighted by Gasteiger charge is -2.07. The van der Waals surface area contributed by atoms with E-state index in [2.05, 4.69) is 4.98 Å². The largest absolute Gasteiger partial charge is 0.446 e. The van der Waals surface area contributed by atoms with Crippen molar-refractivity contribution < 1.29 is 13.6 Å². The second-order valence-corrected chi connectivity index (χ2v) is 8.80. The average Bonchev–Trinajstić information content (AvgIpc) is 3.34. The van der Waals surface area contributed by atoms with E-state index in [0.717, 1.165) is 59.7 Å². The summed E-state index contributed by atoms with van der Waals surface area (Å²) in [7, 11) is 0. The number of hydrogen-bond acceptors (Lipinski definition) is 4. The van der Waals surface area contributed by atoms with Gasteiger partial charge in [0.15, 0.2) is 11.7 Å². The van der Waals surface area contributed by atoms with Gasteiger partial charge in [0, 0.05) is 30.8 Å². The van der Waals surface area contributed by atoms with Crippen LogP contribution in [0.2, 0.25) is 0 Å². The van der Waals surface area contributed by atoms with E-state index in [1.54, 1.807) is 18.2 Å². The van der Waals surface area contributed by atoms with Gasteiger partial charge in [-0.15, -0.1) is 0 Å². The van der Waals surface area contributed by atoms with Crippen LogP contribution in [-0.4, -0.2) is 20.3 Å². The number of oxazole rings is 1. The molecule has 0 spiro atoms. The number of carbonyl (C=O) groups excluding carboxylic acids is 1. The van der Waals surface area contributed by atoms with E-state index in [9.17, 15) is 9.18 Å². The molecule has 0 radical (unpaired) electrons. The fraction of sp³-hybridized carbons (Fsp3) is 0.250. The molecular formula is C28H26FN3O2. The molecule has 0 fully saturated rings. The van der Waals surface area contributed by atoms with Crippen molar-refractivity contribution in [1.82, 2.24) is 14.5 Å². The molecule has 0 saturated heterocycles. The zero-order valence-electron chi connectivity index (χ0n) is 19.3. The number of aromatic nitrogens is 3. The summed E-state index contributed by atoms with van der Waals surface area (Å²) in [6.45, 7) is 3.90. The number of aryl methyl sites for hydroxylation is 4. The molecule has 1 aliphatic carbocycles. The molecule has 0 atom stereocenters. The first kappa shape index (κ1) is 22.0. The first-order valence-electron chi connectivity index (χ1n) is 11.5. The van der Waals surface area contributed by atoms with Crippen LogP contribution >= 0.6 is 0 Å². The highest BCUT2D eigenvalue weighted by atomic mass is 19.1. The highest BCUT2D eigenvalue weighted by Crippen LogP contribution is 2.26. The van der Waals surface area contributed by atoms with Crippen LogP contribution in [0.25, 0.3) is 16.9 Å². The Morgan fingerprint density at radius 1 is 1.00 bits per heavy atom. The summed E-state index contributed by atoms with van der Waals surface area (Å²) in [5, 5.41) is 0. The van der Waals surface area contributed by atoms with Crippen LogP contribution in [0.1, 0.15) is 41.6 Å². The summed E-state index contributed by atoms with van der Waals surface area (Å²) in [6, 6.07) is 14.3. The Morgan fingerprint density at radius 3 is 2.50 bits per heavy atom. The number of allylic oxidation sites excluding steroid dienone is 2. The van der Waals surface area contributed by atoms with Crippen LogP contribution in [0, 0.1) is 19.7 Å². The zero-order valence-corrected chi connectivity index (χ0v) is 19.3. The van der Waals surface area contributed by atoms with Crippen molar-refractivity contribution in [2.45, 2.75) is 46.0 Å². The molecular weight excluding hydrogens is 429 g/mol. The molecule has 4 aromatic rings. The Kier molecular flexibility index (Phi) is 5.97. The molecule has 2 aromatic heterocycles. The zero-order chi connectivity index (χ0) is 23.7. The topological polar surface area (TPSA) is 60.9 Å². The summed E-state index contributed by atoms with van der Waals surface area (Å²) in [6.07, 6.45) is 6.96.